The number of amides is 1. The van der Waals surface area contributed by atoms with Gasteiger partial charge in [-0.05, 0) is 55.5 Å². The molecule has 110 valence electrons. The summed E-state index contributed by atoms with van der Waals surface area (Å²) in [7, 11) is 0. The van der Waals surface area contributed by atoms with Crippen molar-refractivity contribution in [3.05, 3.63) is 35.4 Å². The third-order valence-corrected chi connectivity index (χ3v) is 4.92. The van der Waals surface area contributed by atoms with Crippen LogP contribution in [0.25, 0.3) is 0 Å². The summed E-state index contributed by atoms with van der Waals surface area (Å²) in [4.78, 5) is 13.8. The van der Waals surface area contributed by atoms with Crippen LogP contribution in [0, 0.1) is 16.7 Å². The van der Waals surface area contributed by atoms with Crippen LogP contribution in [0.4, 0.5) is 0 Å². The maximum absolute atomic E-state index is 11.3. The van der Waals surface area contributed by atoms with Gasteiger partial charge in [-0.2, -0.15) is 5.26 Å². The van der Waals surface area contributed by atoms with Crippen LogP contribution in [0.2, 0.25) is 0 Å². The molecule has 4 heteroatoms. The van der Waals surface area contributed by atoms with Gasteiger partial charge in [-0.25, -0.2) is 0 Å². The van der Waals surface area contributed by atoms with E-state index in [-0.39, 0.29) is 5.91 Å². The lowest BCUT2D eigenvalue weighted by Crippen LogP contribution is -2.49. The van der Waals surface area contributed by atoms with Crippen LogP contribution in [0.15, 0.2) is 24.3 Å². The average Bonchev–Trinajstić information content (AvgIpc) is 2.53. The van der Waals surface area contributed by atoms with E-state index in [1.807, 2.05) is 18.2 Å². The minimum Gasteiger partial charge on any atom is -0.356 e. The number of carbonyl (C=O) groups excluding carboxylic acids is 1. The molecule has 3 rings (SSSR count). The largest absolute Gasteiger partial charge is 0.356 e. The maximum Gasteiger partial charge on any atom is 0.220 e. The Labute approximate surface area is 125 Å². The summed E-state index contributed by atoms with van der Waals surface area (Å²) in [5, 5.41) is 12.0. The molecular formula is C17H21N3O. The van der Waals surface area contributed by atoms with Crippen molar-refractivity contribution in [3.63, 3.8) is 0 Å². The summed E-state index contributed by atoms with van der Waals surface area (Å²) in [5.74, 6) is 0.205. The number of rotatable bonds is 2. The standard InChI is InChI=1S/C17H21N3O/c18-11-14-2-1-3-15(10-14)12-20-8-6-17(7-9-20)5-4-16(21)19-13-17/h1-3,10H,4-9,12-13H2,(H,19,21). The second-order valence-electron chi connectivity index (χ2n) is 6.37. The fourth-order valence-electron chi connectivity index (χ4n) is 3.45. The van der Waals surface area contributed by atoms with Gasteiger partial charge in [-0.1, -0.05) is 12.1 Å². The minimum absolute atomic E-state index is 0.205. The molecule has 1 N–H and O–H groups in total. The van der Waals surface area contributed by atoms with Crippen molar-refractivity contribution in [2.75, 3.05) is 19.6 Å². The monoisotopic (exact) mass is 283 g/mol. The highest BCUT2D eigenvalue weighted by Crippen LogP contribution is 2.37. The van der Waals surface area contributed by atoms with Crippen LogP contribution in [0.3, 0.4) is 0 Å². The van der Waals surface area contributed by atoms with Gasteiger partial charge in [-0.3, -0.25) is 9.69 Å². The maximum atomic E-state index is 11.3. The number of likely N-dealkylation sites (tertiary alicyclic amines) is 1. The smallest absolute Gasteiger partial charge is 0.220 e. The van der Waals surface area contributed by atoms with Gasteiger partial charge in [0.1, 0.15) is 0 Å². The van der Waals surface area contributed by atoms with E-state index < -0.39 is 0 Å². The third kappa shape index (κ3) is 3.25. The molecule has 2 fully saturated rings. The summed E-state index contributed by atoms with van der Waals surface area (Å²) in [6.07, 6.45) is 4.04. The summed E-state index contributed by atoms with van der Waals surface area (Å²) in [6, 6.07) is 10.1. The molecule has 1 aromatic rings. The van der Waals surface area contributed by atoms with E-state index in [1.54, 1.807) is 0 Å². The molecule has 0 unspecified atom stereocenters. The molecule has 0 aromatic heterocycles. The molecule has 0 radical (unpaired) electrons. The third-order valence-electron chi connectivity index (χ3n) is 4.92. The first-order valence-corrected chi connectivity index (χ1v) is 7.67. The molecule has 2 heterocycles. The topological polar surface area (TPSA) is 56.1 Å². The van der Waals surface area contributed by atoms with Crippen LogP contribution in [-0.4, -0.2) is 30.4 Å². The minimum atomic E-state index is 0.205. The highest BCUT2D eigenvalue weighted by atomic mass is 16.1. The first-order valence-electron chi connectivity index (χ1n) is 7.67. The average molecular weight is 283 g/mol. The van der Waals surface area contributed by atoms with Crippen molar-refractivity contribution in [1.29, 1.82) is 5.26 Å². The predicted molar refractivity (Wildman–Crippen MR) is 80.3 cm³/mol. The van der Waals surface area contributed by atoms with Gasteiger partial charge in [0.05, 0.1) is 11.6 Å². The number of nitriles is 1. The van der Waals surface area contributed by atoms with Gasteiger partial charge < -0.3 is 5.32 Å². The van der Waals surface area contributed by atoms with Crippen LogP contribution >= 0.6 is 0 Å². The molecule has 1 aromatic carbocycles. The van der Waals surface area contributed by atoms with E-state index in [1.165, 1.54) is 5.56 Å². The molecule has 1 amide bonds. The zero-order chi connectivity index (χ0) is 14.7. The van der Waals surface area contributed by atoms with Gasteiger partial charge in [-0.15, -0.1) is 0 Å². The Morgan fingerprint density at radius 2 is 2.10 bits per heavy atom. The fourth-order valence-corrected chi connectivity index (χ4v) is 3.45. The Bertz CT molecular complexity index is 556. The lowest BCUT2D eigenvalue weighted by Gasteiger charge is -2.44. The second-order valence-corrected chi connectivity index (χ2v) is 6.37. The van der Waals surface area contributed by atoms with Gasteiger partial charge >= 0.3 is 0 Å². The number of hydrogen-bond donors (Lipinski definition) is 1. The molecule has 21 heavy (non-hydrogen) atoms. The lowest BCUT2D eigenvalue weighted by atomic mass is 9.73. The number of nitrogens with zero attached hydrogens (tertiary/aromatic N) is 2. The number of piperidine rings is 2. The summed E-state index contributed by atoms with van der Waals surface area (Å²) < 4.78 is 0. The molecule has 4 nitrogen and oxygen atoms in total. The Morgan fingerprint density at radius 1 is 1.29 bits per heavy atom. The van der Waals surface area contributed by atoms with Crippen LogP contribution in [0.5, 0.6) is 0 Å². The van der Waals surface area contributed by atoms with E-state index in [2.05, 4.69) is 22.4 Å². The quantitative estimate of drug-likeness (QED) is 0.903. The Morgan fingerprint density at radius 3 is 2.76 bits per heavy atom. The van der Waals surface area contributed by atoms with E-state index in [4.69, 9.17) is 5.26 Å². The number of hydrogen-bond acceptors (Lipinski definition) is 3. The molecular weight excluding hydrogens is 262 g/mol. The van der Waals surface area contributed by atoms with Crippen LogP contribution in [-0.2, 0) is 11.3 Å². The van der Waals surface area contributed by atoms with Gasteiger partial charge in [0.15, 0.2) is 0 Å². The number of carbonyl (C=O) groups is 1. The van der Waals surface area contributed by atoms with Gasteiger partial charge in [0, 0.05) is 19.5 Å². The Kier molecular flexibility index (Phi) is 3.94. The first kappa shape index (κ1) is 14.1. The zero-order valence-corrected chi connectivity index (χ0v) is 12.3. The van der Waals surface area contributed by atoms with Crippen molar-refractivity contribution in [3.8, 4) is 6.07 Å². The first-order chi connectivity index (χ1) is 10.2. The Balaban J connectivity index is 1.56. The molecule has 2 aliphatic heterocycles. The van der Waals surface area contributed by atoms with Crippen LogP contribution < -0.4 is 5.32 Å². The molecule has 2 saturated heterocycles. The normalized spacial score (nSPS) is 21.8. The lowest BCUT2D eigenvalue weighted by molar-refractivity contribution is -0.125. The number of benzene rings is 1. The molecule has 0 bridgehead atoms. The second kappa shape index (κ2) is 5.87. The number of nitrogens with one attached hydrogen (secondary N) is 1. The molecule has 0 atom stereocenters. The van der Waals surface area contributed by atoms with Crippen molar-refractivity contribution in [2.45, 2.75) is 32.2 Å². The van der Waals surface area contributed by atoms with Crippen molar-refractivity contribution in [1.82, 2.24) is 10.2 Å². The van der Waals surface area contributed by atoms with E-state index in [9.17, 15) is 4.79 Å². The molecule has 2 aliphatic rings. The fraction of sp³-hybridized carbons (Fsp3) is 0.529. The molecule has 0 aliphatic carbocycles. The summed E-state index contributed by atoms with van der Waals surface area (Å²) >= 11 is 0. The predicted octanol–water partition coefficient (Wildman–Crippen LogP) is 2.05. The SMILES string of the molecule is N#Cc1cccc(CN2CCC3(CCC(=O)NC3)CC2)c1. The highest BCUT2D eigenvalue weighted by Gasteiger charge is 2.37. The summed E-state index contributed by atoms with van der Waals surface area (Å²) in [5.41, 5.74) is 2.27. The van der Waals surface area contributed by atoms with Crippen molar-refractivity contribution >= 4 is 5.91 Å². The zero-order valence-electron chi connectivity index (χ0n) is 12.3. The molecule has 1 spiro atoms. The van der Waals surface area contributed by atoms with Crippen molar-refractivity contribution in [2.24, 2.45) is 5.41 Å². The molecule has 0 saturated carbocycles. The summed E-state index contributed by atoms with van der Waals surface area (Å²) in [6.45, 7) is 3.92. The Hall–Kier alpha value is -1.86. The van der Waals surface area contributed by atoms with E-state index in [0.717, 1.165) is 51.0 Å². The van der Waals surface area contributed by atoms with E-state index >= 15 is 0 Å². The van der Waals surface area contributed by atoms with Gasteiger partial charge in [0.2, 0.25) is 5.91 Å². The van der Waals surface area contributed by atoms with E-state index in [0.29, 0.717) is 11.8 Å². The van der Waals surface area contributed by atoms with Crippen molar-refractivity contribution < 1.29 is 4.79 Å². The van der Waals surface area contributed by atoms with Gasteiger partial charge in [0.25, 0.3) is 0 Å². The highest BCUT2D eigenvalue weighted by molar-refractivity contribution is 5.76. The van der Waals surface area contributed by atoms with Crippen LogP contribution in [0.1, 0.15) is 36.8 Å².